The fourth-order valence-corrected chi connectivity index (χ4v) is 3.80. The molecular weight excluding hydrogens is 356 g/mol. The van der Waals surface area contributed by atoms with Crippen molar-refractivity contribution in [3.8, 4) is 11.5 Å². The average Bonchev–Trinajstić information content (AvgIpc) is 3.43. The molecule has 26 heavy (non-hydrogen) atoms. The molecule has 1 saturated heterocycles. The summed E-state index contributed by atoms with van der Waals surface area (Å²) in [5.74, 6) is 0.885. The number of likely N-dealkylation sites (tertiary alicyclic amines) is 1. The highest BCUT2D eigenvalue weighted by atomic mass is 35.5. The van der Waals surface area contributed by atoms with Gasteiger partial charge in [-0.25, -0.2) is 0 Å². The summed E-state index contributed by atoms with van der Waals surface area (Å²) in [7, 11) is 3.02. The third-order valence-corrected chi connectivity index (χ3v) is 5.44. The Morgan fingerprint density at radius 1 is 1.19 bits per heavy atom. The first-order valence-corrected chi connectivity index (χ1v) is 9.33. The number of halogens is 1. The summed E-state index contributed by atoms with van der Waals surface area (Å²) < 4.78 is 10.5. The molecule has 6 nitrogen and oxygen atoms in total. The SMILES string of the molecule is COc1cc(NC(=O)C2CC2C(=O)N2CCCC(C)C2)c(OC)cc1Cl. The third-order valence-electron chi connectivity index (χ3n) is 5.14. The van der Waals surface area contributed by atoms with E-state index in [1.165, 1.54) is 14.2 Å². The Morgan fingerprint density at radius 3 is 2.58 bits per heavy atom. The lowest BCUT2D eigenvalue weighted by atomic mass is 10.00. The van der Waals surface area contributed by atoms with Crippen LogP contribution in [0.4, 0.5) is 5.69 Å². The maximum Gasteiger partial charge on any atom is 0.228 e. The summed E-state index contributed by atoms with van der Waals surface area (Å²) >= 11 is 6.09. The number of hydrogen-bond donors (Lipinski definition) is 1. The van der Waals surface area contributed by atoms with Gasteiger partial charge in [0.1, 0.15) is 11.5 Å². The van der Waals surface area contributed by atoms with Gasteiger partial charge in [-0.1, -0.05) is 18.5 Å². The van der Waals surface area contributed by atoms with E-state index in [0.717, 1.165) is 25.9 Å². The van der Waals surface area contributed by atoms with E-state index in [1.54, 1.807) is 12.1 Å². The zero-order valence-corrected chi connectivity index (χ0v) is 16.1. The van der Waals surface area contributed by atoms with E-state index < -0.39 is 0 Å². The van der Waals surface area contributed by atoms with Gasteiger partial charge >= 0.3 is 0 Å². The van der Waals surface area contributed by atoms with Crippen molar-refractivity contribution >= 4 is 29.1 Å². The number of amides is 2. The van der Waals surface area contributed by atoms with Gasteiger partial charge in [0.15, 0.2) is 0 Å². The minimum atomic E-state index is -0.286. The van der Waals surface area contributed by atoms with Gasteiger partial charge in [-0.15, -0.1) is 0 Å². The van der Waals surface area contributed by atoms with Crippen LogP contribution in [0, 0.1) is 17.8 Å². The highest BCUT2D eigenvalue weighted by Crippen LogP contribution is 2.43. The van der Waals surface area contributed by atoms with Crippen LogP contribution >= 0.6 is 11.6 Å². The van der Waals surface area contributed by atoms with Gasteiger partial charge in [-0.2, -0.15) is 0 Å². The van der Waals surface area contributed by atoms with Crippen molar-refractivity contribution in [3.05, 3.63) is 17.2 Å². The molecule has 1 aliphatic heterocycles. The van der Waals surface area contributed by atoms with Crippen LogP contribution < -0.4 is 14.8 Å². The first-order chi connectivity index (χ1) is 12.4. The first-order valence-electron chi connectivity index (χ1n) is 8.95. The van der Waals surface area contributed by atoms with E-state index in [2.05, 4.69) is 12.2 Å². The number of anilines is 1. The average molecular weight is 381 g/mol. The number of piperidine rings is 1. The van der Waals surface area contributed by atoms with Crippen molar-refractivity contribution in [1.29, 1.82) is 0 Å². The van der Waals surface area contributed by atoms with Crippen LogP contribution in [0.2, 0.25) is 5.02 Å². The van der Waals surface area contributed by atoms with Crippen molar-refractivity contribution in [1.82, 2.24) is 4.90 Å². The maximum atomic E-state index is 12.6. The number of carbonyl (C=O) groups excluding carboxylic acids is 2. The first kappa shape index (κ1) is 18.8. The number of methoxy groups -OCH3 is 2. The fourth-order valence-electron chi connectivity index (χ4n) is 3.57. The predicted octanol–water partition coefficient (Wildman–Crippen LogP) is 3.19. The molecule has 7 heteroatoms. The quantitative estimate of drug-likeness (QED) is 0.851. The van der Waals surface area contributed by atoms with Crippen molar-refractivity contribution < 1.29 is 19.1 Å². The van der Waals surface area contributed by atoms with E-state index >= 15 is 0 Å². The predicted molar refractivity (Wildman–Crippen MR) is 99.8 cm³/mol. The fraction of sp³-hybridized carbons (Fsp3) is 0.579. The van der Waals surface area contributed by atoms with E-state index in [-0.39, 0.29) is 23.7 Å². The van der Waals surface area contributed by atoms with E-state index in [1.807, 2.05) is 4.90 Å². The van der Waals surface area contributed by atoms with Gasteiger partial charge in [0.25, 0.3) is 0 Å². The number of carbonyl (C=O) groups is 2. The molecule has 3 rings (SSSR count). The Morgan fingerprint density at radius 2 is 1.92 bits per heavy atom. The second kappa shape index (κ2) is 7.74. The smallest absolute Gasteiger partial charge is 0.228 e. The van der Waals surface area contributed by atoms with E-state index in [4.69, 9.17) is 21.1 Å². The van der Waals surface area contributed by atoms with Gasteiger partial charge < -0.3 is 19.7 Å². The van der Waals surface area contributed by atoms with E-state index in [0.29, 0.717) is 34.5 Å². The number of nitrogens with zero attached hydrogens (tertiary/aromatic N) is 1. The standard InChI is InChI=1S/C19H25ClN2O4/c1-11-5-4-6-22(10-11)19(24)13-7-12(13)18(23)21-15-9-16(25-2)14(20)8-17(15)26-3/h8-9,11-13H,4-7,10H2,1-3H3,(H,21,23). The molecule has 2 aliphatic rings. The monoisotopic (exact) mass is 380 g/mol. The van der Waals surface area contributed by atoms with Crippen LogP contribution in [0.1, 0.15) is 26.2 Å². The zero-order valence-electron chi connectivity index (χ0n) is 15.4. The molecule has 3 atom stereocenters. The van der Waals surface area contributed by atoms with Gasteiger partial charge in [-0.05, 0) is 25.2 Å². The molecule has 1 N–H and O–H groups in total. The third kappa shape index (κ3) is 3.90. The molecule has 0 radical (unpaired) electrons. The molecule has 0 aromatic heterocycles. The molecule has 0 bridgehead atoms. The molecule has 1 heterocycles. The Bertz CT molecular complexity index is 709. The van der Waals surface area contributed by atoms with Crippen molar-refractivity contribution in [2.75, 3.05) is 32.6 Å². The lowest BCUT2D eigenvalue weighted by molar-refractivity contribution is -0.135. The lowest BCUT2D eigenvalue weighted by Gasteiger charge is -2.31. The van der Waals surface area contributed by atoms with Gasteiger partial charge in [-0.3, -0.25) is 9.59 Å². The Hall–Kier alpha value is -1.95. The molecule has 1 aromatic rings. The summed E-state index contributed by atoms with van der Waals surface area (Å²) in [5, 5.41) is 3.25. The largest absolute Gasteiger partial charge is 0.495 e. The Labute approximate surface area is 158 Å². The summed E-state index contributed by atoms with van der Waals surface area (Å²) in [6.45, 7) is 3.76. The van der Waals surface area contributed by atoms with Gasteiger partial charge in [0, 0.05) is 25.2 Å². The molecule has 1 aromatic carbocycles. The van der Waals surface area contributed by atoms with Crippen LogP contribution in [0.3, 0.4) is 0 Å². The summed E-state index contributed by atoms with van der Waals surface area (Å²) in [6.07, 6.45) is 2.80. The second-order valence-electron chi connectivity index (χ2n) is 7.16. The molecular formula is C19H25ClN2O4. The molecule has 2 amide bonds. The number of benzene rings is 1. The number of hydrogen-bond acceptors (Lipinski definition) is 4. The highest BCUT2D eigenvalue weighted by molar-refractivity contribution is 6.32. The van der Waals surface area contributed by atoms with Crippen molar-refractivity contribution in [2.24, 2.45) is 17.8 Å². The zero-order chi connectivity index (χ0) is 18.8. The number of rotatable bonds is 5. The minimum Gasteiger partial charge on any atom is -0.495 e. The molecule has 3 unspecified atom stereocenters. The molecule has 1 aliphatic carbocycles. The van der Waals surface area contributed by atoms with Crippen molar-refractivity contribution in [2.45, 2.75) is 26.2 Å². The topological polar surface area (TPSA) is 67.9 Å². The van der Waals surface area contributed by atoms with Gasteiger partial charge in [0.05, 0.1) is 36.8 Å². The van der Waals surface area contributed by atoms with Crippen LogP contribution in [-0.2, 0) is 9.59 Å². The van der Waals surface area contributed by atoms with Crippen LogP contribution in [0.25, 0.3) is 0 Å². The molecule has 142 valence electrons. The highest BCUT2D eigenvalue weighted by Gasteiger charge is 2.49. The summed E-state index contributed by atoms with van der Waals surface area (Å²) in [4.78, 5) is 27.1. The lowest BCUT2D eigenvalue weighted by Crippen LogP contribution is -2.40. The Balaban J connectivity index is 1.64. The second-order valence-corrected chi connectivity index (χ2v) is 7.56. The molecule has 1 saturated carbocycles. The summed E-state index contributed by atoms with van der Waals surface area (Å²) in [6, 6.07) is 3.23. The van der Waals surface area contributed by atoms with Crippen molar-refractivity contribution in [3.63, 3.8) is 0 Å². The Kier molecular flexibility index (Phi) is 5.61. The maximum absolute atomic E-state index is 12.6. The van der Waals surface area contributed by atoms with Gasteiger partial charge in [0.2, 0.25) is 11.8 Å². The van der Waals surface area contributed by atoms with Crippen LogP contribution in [0.5, 0.6) is 11.5 Å². The van der Waals surface area contributed by atoms with E-state index in [9.17, 15) is 9.59 Å². The van der Waals surface area contributed by atoms with Crippen LogP contribution in [-0.4, -0.2) is 44.0 Å². The van der Waals surface area contributed by atoms with Crippen LogP contribution in [0.15, 0.2) is 12.1 Å². The number of ether oxygens (including phenoxy) is 2. The summed E-state index contributed by atoms with van der Waals surface area (Å²) in [5.41, 5.74) is 0.489. The minimum absolute atomic E-state index is 0.109. The normalized spacial score (nSPS) is 24.8. The molecule has 2 fully saturated rings. The number of nitrogens with one attached hydrogen (secondary N) is 1. The molecule has 0 spiro atoms.